The molecule has 0 amide bonds. The molecule has 0 saturated carbocycles. The second-order valence-electron chi connectivity index (χ2n) is 5.39. The lowest BCUT2D eigenvalue weighted by Crippen LogP contribution is -1.96. The molecule has 7 heteroatoms. The van der Waals surface area contributed by atoms with Gasteiger partial charge >= 0.3 is 0 Å². The van der Waals surface area contributed by atoms with E-state index >= 15 is 0 Å². The Morgan fingerprint density at radius 3 is 2.44 bits per heavy atom. The maximum atomic E-state index is 13.0. The summed E-state index contributed by atoms with van der Waals surface area (Å²) in [4.78, 5) is 0. The van der Waals surface area contributed by atoms with E-state index in [-0.39, 0.29) is 5.82 Å². The first kappa shape index (κ1) is 16.1. The van der Waals surface area contributed by atoms with Crippen LogP contribution in [0.4, 0.5) is 4.39 Å². The molecular formula is C18H12ClFN4S. The SMILES string of the molecule is Fc1ccc(CSc2ccc3nnc(-c4ccc(Cl)cc4)n3n2)cc1. The lowest BCUT2D eigenvalue weighted by Gasteiger charge is -2.04. The van der Waals surface area contributed by atoms with Crippen molar-refractivity contribution < 1.29 is 4.39 Å². The molecule has 0 aliphatic rings. The average molecular weight is 371 g/mol. The highest BCUT2D eigenvalue weighted by Crippen LogP contribution is 2.24. The van der Waals surface area contributed by atoms with Crippen LogP contribution in [0, 0.1) is 5.82 Å². The molecule has 0 bridgehead atoms. The lowest BCUT2D eigenvalue weighted by atomic mass is 10.2. The van der Waals surface area contributed by atoms with Crippen molar-refractivity contribution >= 4 is 29.0 Å². The van der Waals surface area contributed by atoms with Gasteiger partial charge in [-0.1, -0.05) is 35.5 Å². The van der Waals surface area contributed by atoms with E-state index in [9.17, 15) is 4.39 Å². The van der Waals surface area contributed by atoms with Crippen molar-refractivity contribution in [3.05, 3.63) is 77.1 Å². The highest BCUT2D eigenvalue weighted by molar-refractivity contribution is 7.98. The van der Waals surface area contributed by atoms with Crippen LogP contribution < -0.4 is 0 Å². The number of hydrogen-bond donors (Lipinski definition) is 0. The zero-order valence-electron chi connectivity index (χ0n) is 12.9. The number of hydrogen-bond acceptors (Lipinski definition) is 4. The monoisotopic (exact) mass is 370 g/mol. The largest absolute Gasteiger partial charge is 0.207 e. The Balaban J connectivity index is 1.61. The zero-order chi connectivity index (χ0) is 17.2. The Labute approximate surface area is 152 Å². The van der Waals surface area contributed by atoms with E-state index in [1.807, 2.05) is 36.4 Å². The number of fused-ring (bicyclic) bond motifs is 1. The van der Waals surface area contributed by atoms with E-state index in [4.69, 9.17) is 11.6 Å². The number of aromatic nitrogens is 4. The lowest BCUT2D eigenvalue weighted by molar-refractivity contribution is 0.627. The molecule has 0 spiro atoms. The fourth-order valence-corrected chi connectivity index (χ4v) is 3.30. The molecule has 2 aromatic carbocycles. The smallest absolute Gasteiger partial charge is 0.185 e. The van der Waals surface area contributed by atoms with Gasteiger partial charge in [-0.15, -0.1) is 10.2 Å². The Kier molecular flexibility index (Phi) is 4.38. The van der Waals surface area contributed by atoms with Gasteiger partial charge in [0.15, 0.2) is 11.5 Å². The predicted octanol–water partition coefficient (Wildman–Crippen LogP) is 4.88. The van der Waals surface area contributed by atoms with Gasteiger partial charge in [0.25, 0.3) is 0 Å². The Hall–Kier alpha value is -2.44. The van der Waals surface area contributed by atoms with Gasteiger partial charge in [-0.2, -0.15) is 9.61 Å². The van der Waals surface area contributed by atoms with Crippen LogP contribution in [0.15, 0.2) is 65.7 Å². The fourth-order valence-electron chi connectivity index (χ4n) is 2.37. The topological polar surface area (TPSA) is 43.1 Å². The summed E-state index contributed by atoms with van der Waals surface area (Å²) in [6.45, 7) is 0. The van der Waals surface area contributed by atoms with Crippen LogP contribution in [0.25, 0.3) is 17.0 Å². The molecule has 25 heavy (non-hydrogen) atoms. The van der Waals surface area contributed by atoms with E-state index < -0.39 is 0 Å². The van der Waals surface area contributed by atoms with Crippen molar-refractivity contribution in [3.63, 3.8) is 0 Å². The standard InChI is InChI=1S/C18H12ClFN4S/c19-14-5-3-13(4-6-14)18-22-21-16-9-10-17(23-24(16)18)25-11-12-1-7-15(20)8-2-12/h1-10H,11H2. The number of thioether (sulfide) groups is 1. The molecule has 0 unspecified atom stereocenters. The second-order valence-corrected chi connectivity index (χ2v) is 6.82. The van der Waals surface area contributed by atoms with Crippen molar-refractivity contribution in [1.29, 1.82) is 0 Å². The highest BCUT2D eigenvalue weighted by Gasteiger charge is 2.10. The maximum Gasteiger partial charge on any atom is 0.185 e. The molecule has 124 valence electrons. The van der Waals surface area contributed by atoms with Gasteiger partial charge < -0.3 is 0 Å². The third kappa shape index (κ3) is 3.50. The zero-order valence-corrected chi connectivity index (χ0v) is 14.5. The third-order valence-electron chi connectivity index (χ3n) is 3.64. The number of rotatable bonds is 4. The summed E-state index contributed by atoms with van der Waals surface area (Å²) in [5.41, 5.74) is 2.61. The predicted molar refractivity (Wildman–Crippen MR) is 97.2 cm³/mol. The number of nitrogens with zero attached hydrogens (tertiary/aromatic N) is 4. The van der Waals surface area contributed by atoms with E-state index in [2.05, 4.69) is 15.3 Å². The Bertz CT molecular complexity index is 1020. The van der Waals surface area contributed by atoms with Gasteiger partial charge in [-0.3, -0.25) is 0 Å². The van der Waals surface area contributed by atoms with Crippen LogP contribution in [0.3, 0.4) is 0 Å². The van der Waals surface area contributed by atoms with E-state index in [1.165, 1.54) is 12.1 Å². The summed E-state index contributed by atoms with van der Waals surface area (Å²) in [5.74, 6) is 1.14. The normalized spacial score (nSPS) is 11.1. The van der Waals surface area contributed by atoms with Gasteiger partial charge in [0.1, 0.15) is 10.8 Å². The van der Waals surface area contributed by atoms with E-state index in [0.717, 1.165) is 16.2 Å². The summed E-state index contributed by atoms with van der Waals surface area (Å²) in [6, 6.07) is 17.7. The molecule has 0 fully saturated rings. The van der Waals surface area contributed by atoms with Crippen LogP contribution in [0.2, 0.25) is 5.02 Å². The minimum Gasteiger partial charge on any atom is -0.207 e. The average Bonchev–Trinajstić information content (AvgIpc) is 3.05. The summed E-state index contributed by atoms with van der Waals surface area (Å²) in [7, 11) is 0. The molecule has 0 radical (unpaired) electrons. The first-order valence-electron chi connectivity index (χ1n) is 7.55. The van der Waals surface area contributed by atoms with Crippen LogP contribution in [-0.4, -0.2) is 19.8 Å². The van der Waals surface area contributed by atoms with Crippen LogP contribution in [0.1, 0.15) is 5.56 Å². The third-order valence-corrected chi connectivity index (χ3v) is 4.88. The molecule has 0 N–H and O–H groups in total. The van der Waals surface area contributed by atoms with Crippen LogP contribution in [0.5, 0.6) is 0 Å². The van der Waals surface area contributed by atoms with Gasteiger partial charge in [-0.25, -0.2) is 4.39 Å². The first-order valence-corrected chi connectivity index (χ1v) is 8.91. The van der Waals surface area contributed by atoms with Crippen molar-refractivity contribution in [2.24, 2.45) is 0 Å². The molecule has 4 nitrogen and oxygen atoms in total. The van der Waals surface area contributed by atoms with Crippen molar-refractivity contribution in [3.8, 4) is 11.4 Å². The Morgan fingerprint density at radius 1 is 0.920 bits per heavy atom. The van der Waals surface area contributed by atoms with Crippen LogP contribution >= 0.6 is 23.4 Å². The van der Waals surface area contributed by atoms with Crippen molar-refractivity contribution in [2.45, 2.75) is 10.8 Å². The van der Waals surface area contributed by atoms with Gasteiger partial charge in [0.05, 0.1) is 0 Å². The van der Waals surface area contributed by atoms with Crippen molar-refractivity contribution in [1.82, 2.24) is 19.8 Å². The maximum absolute atomic E-state index is 13.0. The van der Waals surface area contributed by atoms with Gasteiger partial charge in [-0.05, 0) is 54.1 Å². The highest BCUT2D eigenvalue weighted by atomic mass is 35.5. The van der Waals surface area contributed by atoms with Gasteiger partial charge in [0, 0.05) is 16.3 Å². The molecule has 4 rings (SSSR count). The summed E-state index contributed by atoms with van der Waals surface area (Å²) in [5, 5.41) is 14.5. The number of benzene rings is 2. The minimum atomic E-state index is -0.231. The summed E-state index contributed by atoms with van der Waals surface area (Å²) >= 11 is 7.51. The molecule has 2 aromatic heterocycles. The minimum absolute atomic E-state index is 0.231. The number of halogens is 2. The second kappa shape index (κ2) is 6.82. The van der Waals surface area contributed by atoms with Crippen molar-refractivity contribution in [2.75, 3.05) is 0 Å². The molecular weight excluding hydrogens is 359 g/mol. The Morgan fingerprint density at radius 2 is 1.68 bits per heavy atom. The molecule has 4 aromatic rings. The first-order chi connectivity index (χ1) is 12.2. The fraction of sp³-hybridized carbons (Fsp3) is 0.0556. The molecule has 0 aliphatic heterocycles. The summed E-state index contributed by atoms with van der Waals surface area (Å²) in [6.07, 6.45) is 0. The summed E-state index contributed by atoms with van der Waals surface area (Å²) < 4.78 is 14.7. The molecule has 2 heterocycles. The van der Waals surface area contributed by atoms with E-state index in [1.54, 1.807) is 28.4 Å². The quantitative estimate of drug-likeness (QED) is 0.480. The van der Waals surface area contributed by atoms with E-state index in [0.29, 0.717) is 22.2 Å². The molecule has 0 aliphatic carbocycles. The molecule has 0 saturated heterocycles. The molecule has 0 atom stereocenters. The van der Waals surface area contributed by atoms with Gasteiger partial charge in [0.2, 0.25) is 0 Å². The van der Waals surface area contributed by atoms with Crippen LogP contribution in [-0.2, 0) is 5.75 Å².